The fraction of sp³-hybridized carbons (Fsp3) is 0.200. The molecule has 1 fully saturated rings. The number of piperazine rings is 1. The Hall–Kier alpha value is -2.96. The molecule has 0 spiro atoms. The number of carbonyl (C=O) groups excluding carboxylic acids is 1. The van der Waals surface area contributed by atoms with Gasteiger partial charge in [-0.15, -0.1) is 0 Å². The lowest BCUT2D eigenvalue weighted by Gasteiger charge is -2.34. The summed E-state index contributed by atoms with van der Waals surface area (Å²) in [5.74, 6) is -2.88. The normalized spacial score (nSPS) is 15.2. The van der Waals surface area contributed by atoms with E-state index in [4.69, 9.17) is 12.2 Å². The fourth-order valence-corrected chi connectivity index (χ4v) is 5.22. The van der Waals surface area contributed by atoms with Crippen LogP contribution in [0.1, 0.15) is 10.5 Å². The Bertz CT molecular complexity index is 1330. The number of sulfonamides is 1. The number of hydrogen-bond acceptors (Lipinski definition) is 4. The maximum absolute atomic E-state index is 14.0. The molecule has 2 heterocycles. The van der Waals surface area contributed by atoms with Crippen molar-refractivity contribution in [1.29, 1.82) is 0 Å². The third kappa shape index (κ3) is 4.08. The zero-order valence-electron chi connectivity index (χ0n) is 16.5. The highest BCUT2D eigenvalue weighted by molar-refractivity contribution is 7.89. The minimum Gasteiger partial charge on any atom is -0.336 e. The third-order valence-corrected chi connectivity index (χ3v) is 7.35. The number of aromatic nitrogens is 2. The SMILES string of the molecule is O=C(c1c[nH]c(=S)n1-c1ccc(F)cc1)N1CCN(S(=O)(=O)c2ccc(F)cc2F)CC1. The number of benzene rings is 2. The third-order valence-electron chi connectivity index (χ3n) is 5.12. The molecule has 7 nitrogen and oxygen atoms in total. The minimum absolute atomic E-state index is 0.0578. The van der Waals surface area contributed by atoms with Crippen LogP contribution in [-0.2, 0) is 10.0 Å². The molecule has 4 rings (SSSR count). The van der Waals surface area contributed by atoms with Gasteiger partial charge in [-0.1, -0.05) is 0 Å². The van der Waals surface area contributed by atoms with E-state index in [0.717, 1.165) is 16.4 Å². The zero-order valence-corrected chi connectivity index (χ0v) is 18.1. The molecule has 1 aromatic heterocycles. The van der Waals surface area contributed by atoms with E-state index in [9.17, 15) is 26.4 Å². The van der Waals surface area contributed by atoms with Gasteiger partial charge in [0.2, 0.25) is 10.0 Å². The van der Waals surface area contributed by atoms with Crippen LogP contribution in [0.2, 0.25) is 0 Å². The van der Waals surface area contributed by atoms with Crippen molar-refractivity contribution in [2.24, 2.45) is 0 Å². The fourth-order valence-electron chi connectivity index (χ4n) is 3.49. The topological polar surface area (TPSA) is 78.4 Å². The molecule has 0 saturated carbocycles. The number of amides is 1. The molecule has 1 amide bonds. The first kappa shape index (κ1) is 22.2. The monoisotopic (exact) mass is 482 g/mol. The van der Waals surface area contributed by atoms with E-state index < -0.39 is 38.3 Å². The Balaban J connectivity index is 1.53. The van der Waals surface area contributed by atoms with E-state index in [-0.39, 0.29) is 36.6 Å². The van der Waals surface area contributed by atoms with Crippen molar-refractivity contribution in [3.8, 4) is 5.69 Å². The van der Waals surface area contributed by atoms with Gasteiger partial charge in [0.1, 0.15) is 28.0 Å². The van der Waals surface area contributed by atoms with Gasteiger partial charge in [-0.25, -0.2) is 21.6 Å². The van der Waals surface area contributed by atoms with E-state index in [2.05, 4.69) is 4.98 Å². The molecule has 0 bridgehead atoms. The summed E-state index contributed by atoms with van der Waals surface area (Å²) in [7, 11) is -4.18. The summed E-state index contributed by atoms with van der Waals surface area (Å²) in [5, 5.41) is 0. The van der Waals surface area contributed by atoms with Crippen LogP contribution in [0.15, 0.2) is 53.6 Å². The lowest BCUT2D eigenvalue weighted by molar-refractivity contribution is 0.0689. The van der Waals surface area contributed by atoms with Crippen LogP contribution in [0, 0.1) is 22.2 Å². The molecular weight excluding hydrogens is 465 g/mol. The molecule has 0 unspecified atom stereocenters. The van der Waals surface area contributed by atoms with Gasteiger partial charge < -0.3 is 9.88 Å². The number of H-pyrrole nitrogens is 1. The van der Waals surface area contributed by atoms with Crippen molar-refractivity contribution in [2.75, 3.05) is 26.2 Å². The van der Waals surface area contributed by atoms with Gasteiger partial charge in [-0.3, -0.25) is 9.36 Å². The first-order valence-electron chi connectivity index (χ1n) is 9.49. The smallest absolute Gasteiger partial charge is 0.272 e. The van der Waals surface area contributed by atoms with Crippen LogP contribution in [0.5, 0.6) is 0 Å². The van der Waals surface area contributed by atoms with Crippen LogP contribution in [0.4, 0.5) is 13.2 Å². The molecule has 168 valence electrons. The predicted octanol–water partition coefficient (Wildman–Crippen LogP) is 3.10. The highest BCUT2D eigenvalue weighted by Gasteiger charge is 2.33. The molecule has 3 aromatic rings. The van der Waals surface area contributed by atoms with Gasteiger partial charge in [0.25, 0.3) is 5.91 Å². The lowest BCUT2D eigenvalue weighted by atomic mass is 10.2. The molecule has 1 saturated heterocycles. The van der Waals surface area contributed by atoms with Crippen molar-refractivity contribution in [1.82, 2.24) is 18.8 Å². The Kier molecular flexibility index (Phi) is 5.93. The van der Waals surface area contributed by atoms with Crippen LogP contribution in [-0.4, -0.2) is 59.3 Å². The number of halogens is 3. The van der Waals surface area contributed by atoms with Crippen molar-refractivity contribution < 1.29 is 26.4 Å². The minimum atomic E-state index is -4.18. The highest BCUT2D eigenvalue weighted by Crippen LogP contribution is 2.22. The van der Waals surface area contributed by atoms with Crippen LogP contribution in [0.25, 0.3) is 5.69 Å². The number of nitrogens with zero attached hydrogens (tertiary/aromatic N) is 3. The molecule has 1 N–H and O–H groups in total. The van der Waals surface area contributed by atoms with Gasteiger partial charge in [0.05, 0.1) is 0 Å². The lowest BCUT2D eigenvalue weighted by Crippen LogP contribution is -2.50. The second-order valence-electron chi connectivity index (χ2n) is 7.06. The number of carbonyl (C=O) groups is 1. The summed E-state index contributed by atoms with van der Waals surface area (Å²) >= 11 is 5.24. The first-order chi connectivity index (χ1) is 15.2. The van der Waals surface area contributed by atoms with Gasteiger partial charge >= 0.3 is 0 Å². The van der Waals surface area contributed by atoms with Gasteiger partial charge in [-0.2, -0.15) is 4.31 Å². The molecule has 32 heavy (non-hydrogen) atoms. The molecule has 0 aliphatic carbocycles. The van der Waals surface area contributed by atoms with E-state index in [1.807, 2.05) is 0 Å². The summed E-state index contributed by atoms with van der Waals surface area (Å²) < 4.78 is 68.7. The second kappa shape index (κ2) is 8.52. The number of imidazole rings is 1. The second-order valence-corrected chi connectivity index (χ2v) is 9.35. The van der Waals surface area contributed by atoms with Crippen molar-refractivity contribution >= 4 is 28.1 Å². The summed E-state index contributed by atoms with van der Waals surface area (Å²) in [6.45, 7) is -0.0103. The Morgan fingerprint density at radius 2 is 1.56 bits per heavy atom. The summed E-state index contributed by atoms with van der Waals surface area (Å²) in [5.41, 5.74) is 0.705. The molecule has 2 aromatic carbocycles. The largest absolute Gasteiger partial charge is 0.336 e. The summed E-state index contributed by atoms with van der Waals surface area (Å²) in [6.07, 6.45) is 1.44. The van der Waals surface area contributed by atoms with E-state index in [1.54, 1.807) is 0 Å². The molecule has 1 aliphatic heterocycles. The van der Waals surface area contributed by atoms with Gasteiger partial charge in [0.15, 0.2) is 4.77 Å². The number of aromatic amines is 1. The van der Waals surface area contributed by atoms with E-state index in [1.165, 1.54) is 39.9 Å². The van der Waals surface area contributed by atoms with Gasteiger partial charge in [-0.05, 0) is 48.6 Å². The maximum Gasteiger partial charge on any atom is 0.272 e. The molecule has 1 aliphatic rings. The average Bonchev–Trinajstić information content (AvgIpc) is 3.15. The highest BCUT2D eigenvalue weighted by atomic mass is 32.2. The molecule has 12 heteroatoms. The van der Waals surface area contributed by atoms with Crippen molar-refractivity contribution in [3.05, 3.63) is 76.6 Å². The summed E-state index contributed by atoms with van der Waals surface area (Å²) in [6, 6.07) is 7.73. The maximum atomic E-state index is 14.0. The molecular formula is C20H17F3N4O3S2. The van der Waals surface area contributed by atoms with Crippen LogP contribution >= 0.6 is 12.2 Å². The summed E-state index contributed by atoms with van der Waals surface area (Å²) in [4.78, 5) is 16.7. The number of nitrogens with one attached hydrogen (secondary N) is 1. The Morgan fingerprint density at radius 3 is 2.19 bits per heavy atom. The van der Waals surface area contributed by atoms with Crippen molar-refractivity contribution in [2.45, 2.75) is 4.90 Å². The quantitative estimate of drug-likeness (QED) is 0.580. The average molecular weight is 483 g/mol. The van der Waals surface area contributed by atoms with Gasteiger partial charge in [0, 0.05) is 44.1 Å². The number of hydrogen-bond donors (Lipinski definition) is 1. The predicted molar refractivity (Wildman–Crippen MR) is 112 cm³/mol. The van der Waals surface area contributed by atoms with E-state index in [0.29, 0.717) is 11.8 Å². The first-order valence-corrected chi connectivity index (χ1v) is 11.3. The molecule has 0 atom stereocenters. The van der Waals surface area contributed by atoms with Crippen molar-refractivity contribution in [3.63, 3.8) is 0 Å². The van der Waals surface area contributed by atoms with Crippen LogP contribution < -0.4 is 0 Å². The standard InChI is InChI=1S/C20H17F3N4O3S2/c21-13-1-4-15(5-2-13)27-17(12-24-20(27)31)19(28)25-7-9-26(10-8-25)32(29,30)18-6-3-14(22)11-16(18)23/h1-6,11-12H,7-10H2,(H,24,31). The van der Waals surface area contributed by atoms with E-state index >= 15 is 0 Å². The Labute approximate surface area is 186 Å². The number of rotatable bonds is 4. The Morgan fingerprint density at radius 1 is 0.938 bits per heavy atom. The zero-order chi connectivity index (χ0) is 23.0. The van der Waals surface area contributed by atoms with Crippen LogP contribution in [0.3, 0.4) is 0 Å². The molecule has 0 radical (unpaired) electrons.